The van der Waals surface area contributed by atoms with E-state index >= 15 is 0 Å². The van der Waals surface area contributed by atoms with Gasteiger partial charge in [0, 0.05) is 12.6 Å². The molecule has 0 amide bonds. The zero-order valence-electron chi connectivity index (χ0n) is 13.8. The van der Waals surface area contributed by atoms with Crippen molar-refractivity contribution < 1.29 is 5.11 Å². The van der Waals surface area contributed by atoms with E-state index in [-0.39, 0.29) is 6.61 Å². The van der Waals surface area contributed by atoms with E-state index in [1.54, 1.807) is 11.3 Å². The number of aliphatic hydroxyl groups is 1. The van der Waals surface area contributed by atoms with Crippen molar-refractivity contribution in [2.45, 2.75) is 78.4 Å². The Labute approximate surface area is 133 Å². The minimum Gasteiger partial charge on any atom is -0.391 e. The molecule has 1 aromatic heterocycles. The molecule has 1 N–H and O–H groups in total. The van der Waals surface area contributed by atoms with Gasteiger partial charge >= 0.3 is 0 Å². The molecule has 1 aliphatic rings. The highest BCUT2D eigenvalue weighted by Crippen LogP contribution is 2.33. The summed E-state index contributed by atoms with van der Waals surface area (Å²) in [4.78, 5) is 8.48. The van der Waals surface area contributed by atoms with Crippen LogP contribution in [0, 0.1) is 5.92 Å². The Bertz CT molecular complexity index is 424. The molecule has 4 heteroatoms. The lowest BCUT2D eigenvalue weighted by Crippen LogP contribution is -2.34. The van der Waals surface area contributed by atoms with Crippen LogP contribution in [0.25, 0.3) is 0 Å². The summed E-state index contributed by atoms with van der Waals surface area (Å²) in [5.41, 5.74) is 1.12. The molecule has 1 heterocycles. The molecule has 1 aromatic rings. The summed E-state index contributed by atoms with van der Waals surface area (Å²) in [6, 6.07) is 0.663. The van der Waals surface area contributed by atoms with Crippen LogP contribution in [0.5, 0.6) is 0 Å². The molecule has 0 unspecified atom stereocenters. The number of rotatable bonds is 8. The van der Waals surface area contributed by atoms with Crippen LogP contribution in [0.3, 0.4) is 0 Å². The molecule has 21 heavy (non-hydrogen) atoms. The van der Waals surface area contributed by atoms with Crippen molar-refractivity contribution in [3.8, 4) is 0 Å². The highest BCUT2D eigenvalue weighted by atomic mass is 32.1. The van der Waals surface area contributed by atoms with E-state index in [0.717, 1.165) is 41.0 Å². The smallest absolute Gasteiger partial charge is 0.186 e. The summed E-state index contributed by atoms with van der Waals surface area (Å²) < 4.78 is 0. The Hall–Kier alpha value is -0.610. The number of hydrogen-bond donors (Lipinski definition) is 1. The van der Waals surface area contributed by atoms with Crippen molar-refractivity contribution in [1.29, 1.82) is 0 Å². The monoisotopic (exact) mass is 310 g/mol. The first-order valence-electron chi connectivity index (χ1n) is 8.51. The molecule has 0 bridgehead atoms. The maximum absolute atomic E-state index is 9.58. The van der Waals surface area contributed by atoms with Gasteiger partial charge < -0.3 is 10.0 Å². The molecule has 0 atom stereocenters. The third kappa shape index (κ3) is 4.43. The molecule has 120 valence electrons. The number of anilines is 1. The van der Waals surface area contributed by atoms with Crippen molar-refractivity contribution in [1.82, 2.24) is 4.98 Å². The summed E-state index contributed by atoms with van der Waals surface area (Å²) in [6.45, 7) is 7.99. The maximum atomic E-state index is 9.58. The van der Waals surface area contributed by atoms with Crippen molar-refractivity contribution in [2.24, 2.45) is 5.92 Å². The number of aromatic nitrogens is 1. The fraction of sp³-hybridized carbons (Fsp3) is 0.824. The van der Waals surface area contributed by atoms with Gasteiger partial charge in [0.2, 0.25) is 0 Å². The van der Waals surface area contributed by atoms with Gasteiger partial charge in [-0.15, -0.1) is 0 Å². The van der Waals surface area contributed by atoms with Crippen LogP contribution in [-0.2, 0) is 13.0 Å². The molecule has 1 fully saturated rings. The maximum Gasteiger partial charge on any atom is 0.186 e. The number of thiazole rings is 1. The fourth-order valence-electron chi connectivity index (χ4n) is 3.10. The standard InChI is InChI=1S/C17H30N2OS/c1-4-7-15-16(12-20)21-17(18-15)19(11-10-13(2)3)14-8-5-6-9-14/h13-14,20H,4-12H2,1-3H3. The molecule has 0 aliphatic heterocycles. The lowest BCUT2D eigenvalue weighted by molar-refractivity contribution is 0.284. The second kappa shape index (κ2) is 8.14. The molecule has 0 saturated heterocycles. The van der Waals surface area contributed by atoms with Gasteiger partial charge in [0.05, 0.1) is 17.2 Å². The Balaban J connectivity index is 2.18. The highest BCUT2D eigenvalue weighted by Gasteiger charge is 2.26. The Morgan fingerprint density at radius 2 is 2.05 bits per heavy atom. The molecular weight excluding hydrogens is 280 g/mol. The van der Waals surface area contributed by atoms with Crippen molar-refractivity contribution in [3.63, 3.8) is 0 Å². The van der Waals surface area contributed by atoms with Crippen molar-refractivity contribution >= 4 is 16.5 Å². The fourth-order valence-corrected chi connectivity index (χ4v) is 4.16. The molecule has 0 aromatic carbocycles. The molecule has 1 aliphatic carbocycles. The predicted molar refractivity (Wildman–Crippen MR) is 91.1 cm³/mol. The summed E-state index contributed by atoms with van der Waals surface area (Å²) in [6.07, 6.45) is 8.59. The van der Waals surface area contributed by atoms with E-state index in [0.29, 0.717) is 6.04 Å². The number of aryl methyl sites for hydroxylation is 1. The van der Waals surface area contributed by atoms with E-state index in [9.17, 15) is 5.11 Å². The van der Waals surface area contributed by atoms with E-state index in [2.05, 4.69) is 25.7 Å². The van der Waals surface area contributed by atoms with E-state index < -0.39 is 0 Å². The van der Waals surface area contributed by atoms with Gasteiger partial charge in [-0.25, -0.2) is 4.98 Å². The molecule has 3 nitrogen and oxygen atoms in total. The van der Waals surface area contributed by atoms with Crippen LogP contribution in [0.4, 0.5) is 5.13 Å². The number of hydrogen-bond acceptors (Lipinski definition) is 4. The minimum atomic E-state index is 0.135. The quantitative estimate of drug-likeness (QED) is 0.774. The Morgan fingerprint density at radius 1 is 1.33 bits per heavy atom. The lowest BCUT2D eigenvalue weighted by atomic mass is 10.1. The summed E-state index contributed by atoms with van der Waals surface area (Å²) in [5, 5.41) is 10.7. The molecule has 2 rings (SSSR count). The highest BCUT2D eigenvalue weighted by molar-refractivity contribution is 7.15. The van der Waals surface area contributed by atoms with Crippen LogP contribution < -0.4 is 4.90 Å². The van der Waals surface area contributed by atoms with Gasteiger partial charge in [-0.1, -0.05) is 51.4 Å². The van der Waals surface area contributed by atoms with Gasteiger partial charge in [0.1, 0.15) is 0 Å². The van der Waals surface area contributed by atoms with Crippen molar-refractivity contribution in [2.75, 3.05) is 11.4 Å². The zero-order chi connectivity index (χ0) is 15.2. The molecule has 0 radical (unpaired) electrons. The van der Waals surface area contributed by atoms with Gasteiger partial charge in [-0.05, 0) is 31.6 Å². The van der Waals surface area contributed by atoms with Gasteiger partial charge in [-0.3, -0.25) is 0 Å². The summed E-state index contributed by atoms with van der Waals surface area (Å²) in [7, 11) is 0. The topological polar surface area (TPSA) is 36.4 Å². The zero-order valence-corrected chi connectivity index (χ0v) is 14.6. The molecule has 1 saturated carbocycles. The average Bonchev–Trinajstić information content (AvgIpc) is 3.09. The third-order valence-corrected chi connectivity index (χ3v) is 5.48. The van der Waals surface area contributed by atoms with Gasteiger partial charge in [-0.2, -0.15) is 0 Å². The van der Waals surface area contributed by atoms with Crippen LogP contribution in [-0.4, -0.2) is 22.7 Å². The first kappa shape index (κ1) is 16.8. The van der Waals surface area contributed by atoms with Crippen LogP contribution in [0.15, 0.2) is 0 Å². The number of nitrogens with zero attached hydrogens (tertiary/aromatic N) is 2. The molecule has 0 spiro atoms. The first-order valence-corrected chi connectivity index (χ1v) is 9.33. The lowest BCUT2D eigenvalue weighted by Gasteiger charge is -2.29. The van der Waals surface area contributed by atoms with Crippen molar-refractivity contribution in [3.05, 3.63) is 10.6 Å². The second-order valence-electron chi connectivity index (χ2n) is 6.59. The molecular formula is C17H30N2OS. The number of aliphatic hydroxyl groups excluding tert-OH is 1. The SMILES string of the molecule is CCCc1nc(N(CCC(C)C)C2CCCC2)sc1CO. The van der Waals surface area contributed by atoms with E-state index in [1.165, 1.54) is 32.1 Å². The Morgan fingerprint density at radius 3 is 2.62 bits per heavy atom. The van der Waals surface area contributed by atoms with E-state index in [1.807, 2.05) is 0 Å². The van der Waals surface area contributed by atoms with Crippen LogP contribution >= 0.6 is 11.3 Å². The van der Waals surface area contributed by atoms with Crippen LogP contribution in [0.1, 0.15) is 69.9 Å². The van der Waals surface area contributed by atoms with E-state index in [4.69, 9.17) is 4.98 Å². The predicted octanol–water partition coefficient (Wildman–Crippen LogP) is 4.38. The average molecular weight is 311 g/mol. The summed E-state index contributed by atoms with van der Waals surface area (Å²) >= 11 is 1.71. The third-order valence-electron chi connectivity index (χ3n) is 4.36. The normalized spacial score (nSPS) is 16.0. The van der Waals surface area contributed by atoms with Gasteiger partial charge in [0.25, 0.3) is 0 Å². The minimum absolute atomic E-state index is 0.135. The largest absolute Gasteiger partial charge is 0.391 e. The second-order valence-corrected chi connectivity index (χ2v) is 7.65. The van der Waals surface area contributed by atoms with Crippen LogP contribution in [0.2, 0.25) is 0 Å². The Kier molecular flexibility index (Phi) is 6.49. The first-order chi connectivity index (χ1) is 10.2. The van der Waals surface area contributed by atoms with Gasteiger partial charge in [0.15, 0.2) is 5.13 Å². The summed E-state index contributed by atoms with van der Waals surface area (Å²) in [5.74, 6) is 0.723.